The fourth-order valence-corrected chi connectivity index (χ4v) is 4.41. The summed E-state index contributed by atoms with van der Waals surface area (Å²) in [6.07, 6.45) is 4.94. The van der Waals surface area contributed by atoms with Gasteiger partial charge in [0.2, 0.25) is 0 Å². The van der Waals surface area contributed by atoms with Gasteiger partial charge in [0.25, 0.3) is 0 Å². The molecular weight excluding hydrogens is 250 g/mol. The maximum atomic E-state index is 11.5. The summed E-state index contributed by atoms with van der Waals surface area (Å²) in [5.74, 6) is 1.47. The number of ether oxygens (including phenoxy) is 1. The van der Waals surface area contributed by atoms with E-state index in [4.69, 9.17) is 10.5 Å². The zero-order valence-corrected chi connectivity index (χ0v) is 12.5. The smallest absolute Gasteiger partial charge is 0.119 e. The van der Waals surface area contributed by atoms with Crippen LogP contribution in [-0.2, 0) is 12.0 Å². The van der Waals surface area contributed by atoms with Gasteiger partial charge in [-0.1, -0.05) is 13.0 Å². The highest BCUT2D eigenvalue weighted by molar-refractivity contribution is 5.44. The van der Waals surface area contributed by atoms with Crippen LogP contribution in [0.1, 0.15) is 43.7 Å². The lowest BCUT2D eigenvalue weighted by molar-refractivity contribution is -0.0852. The van der Waals surface area contributed by atoms with Crippen molar-refractivity contribution in [3.05, 3.63) is 29.3 Å². The largest absolute Gasteiger partial charge is 0.497 e. The molecule has 1 aromatic carbocycles. The number of fused-ring (bicyclic) bond motifs is 1. The second kappa shape index (κ2) is 4.74. The molecule has 0 amide bonds. The van der Waals surface area contributed by atoms with Crippen molar-refractivity contribution in [1.29, 1.82) is 0 Å². The minimum Gasteiger partial charge on any atom is -0.497 e. The molecule has 20 heavy (non-hydrogen) atoms. The summed E-state index contributed by atoms with van der Waals surface area (Å²) in [5.41, 5.74) is 7.49. The standard InChI is InChI=1S/C17H25NO2/c1-12-5-7-16(10-12,11-18)17(19)8-6-13-3-4-14(20-2)9-15(13)17/h3-4,9,12,19H,5-8,10-11,18H2,1-2H3. The Balaban J connectivity index is 2.06. The Morgan fingerprint density at radius 3 is 2.80 bits per heavy atom. The first kappa shape index (κ1) is 13.9. The van der Waals surface area contributed by atoms with Gasteiger partial charge in [-0.3, -0.25) is 0 Å². The van der Waals surface area contributed by atoms with Crippen LogP contribution in [0, 0.1) is 11.3 Å². The summed E-state index contributed by atoms with van der Waals surface area (Å²) in [6, 6.07) is 6.09. The van der Waals surface area contributed by atoms with Crippen molar-refractivity contribution < 1.29 is 9.84 Å². The first-order valence-electron chi connectivity index (χ1n) is 7.64. The summed E-state index contributed by atoms with van der Waals surface area (Å²) in [6.45, 7) is 2.83. The predicted molar refractivity (Wildman–Crippen MR) is 79.7 cm³/mol. The van der Waals surface area contributed by atoms with Crippen LogP contribution in [0.3, 0.4) is 0 Å². The van der Waals surface area contributed by atoms with Gasteiger partial charge in [-0.05, 0) is 61.3 Å². The van der Waals surface area contributed by atoms with Crippen molar-refractivity contribution in [1.82, 2.24) is 0 Å². The van der Waals surface area contributed by atoms with E-state index in [1.54, 1.807) is 7.11 Å². The normalized spacial score (nSPS) is 36.1. The van der Waals surface area contributed by atoms with Crippen LogP contribution < -0.4 is 10.5 Å². The van der Waals surface area contributed by atoms with Crippen molar-refractivity contribution in [2.75, 3.05) is 13.7 Å². The number of aryl methyl sites for hydroxylation is 1. The van der Waals surface area contributed by atoms with Crippen LogP contribution in [0.4, 0.5) is 0 Å². The van der Waals surface area contributed by atoms with Gasteiger partial charge in [-0.25, -0.2) is 0 Å². The highest BCUT2D eigenvalue weighted by atomic mass is 16.5. The van der Waals surface area contributed by atoms with Crippen molar-refractivity contribution in [2.45, 2.75) is 44.6 Å². The summed E-state index contributed by atoms with van der Waals surface area (Å²) in [7, 11) is 1.67. The average molecular weight is 275 g/mol. The van der Waals surface area contributed by atoms with Gasteiger partial charge in [0, 0.05) is 12.0 Å². The molecule has 1 saturated carbocycles. The van der Waals surface area contributed by atoms with Gasteiger partial charge in [0.05, 0.1) is 12.7 Å². The summed E-state index contributed by atoms with van der Waals surface area (Å²) >= 11 is 0. The fourth-order valence-electron chi connectivity index (χ4n) is 4.41. The van der Waals surface area contributed by atoms with Crippen LogP contribution in [0.25, 0.3) is 0 Å². The molecule has 0 aliphatic heterocycles. The van der Waals surface area contributed by atoms with Crippen molar-refractivity contribution in [2.24, 2.45) is 17.1 Å². The molecule has 2 aliphatic carbocycles. The van der Waals surface area contributed by atoms with Gasteiger partial charge in [0.1, 0.15) is 5.75 Å². The lowest BCUT2D eigenvalue weighted by Crippen LogP contribution is -2.47. The minimum atomic E-state index is -0.781. The molecule has 1 aromatic rings. The maximum absolute atomic E-state index is 11.5. The SMILES string of the molecule is COc1ccc2c(c1)C(O)(C1(CN)CCC(C)C1)CC2. The number of rotatable bonds is 3. The molecule has 0 saturated heterocycles. The molecule has 0 radical (unpaired) electrons. The maximum Gasteiger partial charge on any atom is 0.119 e. The van der Waals surface area contributed by atoms with E-state index in [0.717, 1.165) is 37.0 Å². The van der Waals surface area contributed by atoms with Gasteiger partial charge in [0.15, 0.2) is 0 Å². The molecule has 1 fully saturated rings. The summed E-state index contributed by atoms with van der Waals surface area (Å²) in [5, 5.41) is 11.5. The van der Waals surface area contributed by atoms with Crippen LogP contribution >= 0.6 is 0 Å². The first-order valence-corrected chi connectivity index (χ1v) is 7.64. The number of nitrogens with two attached hydrogens (primary N) is 1. The van der Waals surface area contributed by atoms with E-state index in [-0.39, 0.29) is 5.41 Å². The molecule has 0 bridgehead atoms. The summed E-state index contributed by atoms with van der Waals surface area (Å²) in [4.78, 5) is 0. The van der Waals surface area contributed by atoms with E-state index in [0.29, 0.717) is 12.5 Å². The zero-order chi connectivity index (χ0) is 14.4. The van der Waals surface area contributed by atoms with Crippen LogP contribution in [-0.4, -0.2) is 18.8 Å². The van der Waals surface area contributed by atoms with Crippen LogP contribution in [0.5, 0.6) is 5.75 Å². The second-order valence-corrected chi connectivity index (χ2v) is 6.72. The minimum absolute atomic E-state index is 0.163. The van der Waals surface area contributed by atoms with Crippen molar-refractivity contribution in [3.8, 4) is 5.75 Å². The second-order valence-electron chi connectivity index (χ2n) is 6.72. The Morgan fingerprint density at radius 1 is 1.40 bits per heavy atom. The molecule has 0 spiro atoms. The quantitative estimate of drug-likeness (QED) is 0.891. The van der Waals surface area contributed by atoms with E-state index in [9.17, 15) is 5.11 Å². The molecule has 2 aliphatic rings. The van der Waals surface area contributed by atoms with Gasteiger partial charge in [-0.2, -0.15) is 0 Å². The zero-order valence-electron chi connectivity index (χ0n) is 12.5. The first-order chi connectivity index (χ1) is 9.54. The summed E-state index contributed by atoms with van der Waals surface area (Å²) < 4.78 is 5.34. The Hall–Kier alpha value is -1.06. The third-order valence-corrected chi connectivity index (χ3v) is 5.64. The number of methoxy groups -OCH3 is 1. The molecule has 3 N–H and O–H groups in total. The van der Waals surface area contributed by atoms with E-state index >= 15 is 0 Å². The van der Waals surface area contributed by atoms with E-state index in [1.165, 1.54) is 12.0 Å². The van der Waals surface area contributed by atoms with Gasteiger partial charge < -0.3 is 15.6 Å². The Morgan fingerprint density at radius 2 is 2.20 bits per heavy atom. The number of benzene rings is 1. The predicted octanol–water partition coefficient (Wildman–Crippen LogP) is 2.59. The van der Waals surface area contributed by atoms with E-state index in [2.05, 4.69) is 13.0 Å². The molecule has 3 unspecified atom stereocenters. The Labute approximate surface area is 121 Å². The highest BCUT2D eigenvalue weighted by Gasteiger charge is 2.55. The lowest BCUT2D eigenvalue weighted by Gasteiger charge is -2.43. The Bertz CT molecular complexity index is 516. The van der Waals surface area contributed by atoms with Crippen molar-refractivity contribution in [3.63, 3.8) is 0 Å². The van der Waals surface area contributed by atoms with Gasteiger partial charge in [-0.15, -0.1) is 0 Å². The van der Waals surface area contributed by atoms with E-state index in [1.807, 2.05) is 12.1 Å². The molecular formula is C17H25NO2. The molecule has 0 heterocycles. The van der Waals surface area contributed by atoms with Crippen molar-refractivity contribution >= 4 is 0 Å². The molecule has 3 heteroatoms. The highest BCUT2D eigenvalue weighted by Crippen LogP contribution is 2.57. The number of hydrogen-bond acceptors (Lipinski definition) is 3. The molecule has 3 nitrogen and oxygen atoms in total. The molecule has 3 atom stereocenters. The molecule has 3 rings (SSSR count). The molecule has 0 aromatic heterocycles. The molecule has 110 valence electrons. The number of hydrogen-bond donors (Lipinski definition) is 2. The lowest BCUT2D eigenvalue weighted by atomic mass is 9.67. The van der Waals surface area contributed by atoms with Crippen LogP contribution in [0.2, 0.25) is 0 Å². The number of aliphatic hydroxyl groups is 1. The topological polar surface area (TPSA) is 55.5 Å². The fraction of sp³-hybridized carbons (Fsp3) is 0.647. The third kappa shape index (κ3) is 1.80. The van der Waals surface area contributed by atoms with E-state index < -0.39 is 5.60 Å². The third-order valence-electron chi connectivity index (χ3n) is 5.64. The Kier molecular flexibility index (Phi) is 3.30. The average Bonchev–Trinajstić information content (AvgIpc) is 3.02. The van der Waals surface area contributed by atoms with Gasteiger partial charge >= 0.3 is 0 Å². The monoisotopic (exact) mass is 275 g/mol. The van der Waals surface area contributed by atoms with Crippen LogP contribution in [0.15, 0.2) is 18.2 Å².